The number of carbonyl (C=O) groups is 1. The fourth-order valence-electron chi connectivity index (χ4n) is 1.93. The van der Waals surface area contributed by atoms with Crippen LogP contribution in [0.3, 0.4) is 0 Å². The predicted molar refractivity (Wildman–Crippen MR) is 82.6 cm³/mol. The molecule has 0 bridgehead atoms. The van der Waals surface area contributed by atoms with E-state index in [0.717, 1.165) is 23.0 Å². The van der Waals surface area contributed by atoms with Gasteiger partial charge in [-0.2, -0.15) is 5.26 Å². The number of nitriles is 1. The summed E-state index contributed by atoms with van der Waals surface area (Å²) in [6.45, 7) is 3.76. The molecule has 1 aromatic carbocycles. The number of carboxylic acid groups (broad SMARTS) is 1. The molecule has 0 aliphatic rings. The van der Waals surface area contributed by atoms with E-state index in [9.17, 15) is 4.79 Å². The first kappa shape index (κ1) is 16.5. The van der Waals surface area contributed by atoms with Crippen LogP contribution in [0.4, 0.5) is 5.69 Å². The van der Waals surface area contributed by atoms with Crippen LogP contribution in [0.15, 0.2) is 22.7 Å². The standard InChI is InChI=1S/C15H19BrN2O2/c1-10(15(19)20)4-3-5-11(2)18-14-7-6-13(16)8-12(14)9-17/h6-8,10-11,18H,3-5H2,1-2H3,(H,19,20). The first-order chi connectivity index (χ1) is 9.43. The number of halogens is 1. The summed E-state index contributed by atoms with van der Waals surface area (Å²) in [4.78, 5) is 10.7. The van der Waals surface area contributed by atoms with Gasteiger partial charge in [0, 0.05) is 10.5 Å². The summed E-state index contributed by atoms with van der Waals surface area (Å²) in [6, 6.07) is 7.90. The number of carboxylic acids is 1. The van der Waals surface area contributed by atoms with Crippen LogP contribution in [-0.2, 0) is 4.79 Å². The minimum atomic E-state index is -0.745. The van der Waals surface area contributed by atoms with E-state index in [4.69, 9.17) is 10.4 Å². The molecule has 0 heterocycles. The summed E-state index contributed by atoms with van der Waals surface area (Å²) >= 11 is 3.34. The van der Waals surface area contributed by atoms with Crippen molar-refractivity contribution in [2.45, 2.75) is 39.2 Å². The van der Waals surface area contributed by atoms with Crippen LogP contribution in [0.1, 0.15) is 38.7 Å². The largest absolute Gasteiger partial charge is 0.481 e. The highest BCUT2D eigenvalue weighted by molar-refractivity contribution is 9.10. The Bertz CT molecular complexity index is 511. The second kappa shape index (κ2) is 7.91. The Kier molecular flexibility index (Phi) is 6.53. The third-order valence-corrected chi connectivity index (χ3v) is 3.69. The summed E-state index contributed by atoms with van der Waals surface area (Å²) < 4.78 is 0.877. The van der Waals surface area contributed by atoms with Crippen molar-refractivity contribution in [3.63, 3.8) is 0 Å². The van der Waals surface area contributed by atoms with Gasteiger partial charge < -0.3 is 10.4 Å². The van der Waals surface area contributed by atoms with E-state index in [1.54, 1.807) is 13.0 Å². The van der Waals surface area contributed by atoms with Crippen molar-refractivity contribution < 1.29 is 9.90 Å². The molecular weight excluding hydrogens is 320 g/mol. The topological polar surface area (TPSA) is 73.1 Å². The molecule has 0 amide bonds. The summed E-state index contributed by atoms with van der Waals surface area (Å²) in [7, 11) is 0. The van der Waals surface area contributed by atoms with Crippen molar-refractivity contribution in [2.75, 3.05) is 5.32 Å². The van der Waals surface area contributed by atoms with Gasteiger partial charge in [0.1, 0.15) is 6.07 Å². The molecule has 1 rings (SSSR count). The molecule has 108 valence electrons. The Balaban J connectivity index is 2.49. The van der Waals surface area contributed by atoms with Gasteiger partial charge in [0.15, 0.2) is 0 Å². The van der Waals surface area contributed by atoms with Crippen LogP contribution < -0.4 is 5.32 Å². The molecule has 2 unspecified atom stereocenters. The normalized spacial score (nSPS) is 13.3. The monoisotopic (exact) mass is 338 g/mol. The molecule has 0 saturated heterocycles. The van der Waals surface area contributed by atoms with Crippen LogP contribution in [0.2, 0.25) is 0 Å². The summed E-state index contributed by atoms with van der Waals surface area (Å²) in [5.41, 5.74) is 1.42. The fraction of sp³-hybridized carbons (Fsp3) is 0.467. The van der Waals surface area contributed by atoms with Gasteiger partial charge in [-0.3, -0.25) is 4.79 Å². The number of rotatable bonds is 7. The molecule has 2 atom stereocenters. The van der Waals surface area contributed by atoms with Gasteiger partial charge in [0.25, 0.3) is 0 Å². The molecule has 0 fully saturated rings. The number of nitrogens with zero attached hydrogens (tertiary/aromatic N) is 1. The highest BCUT2D eigenvalue weighted by atomic mass is 79.9. The van der Waals surface area contributed by atoms with Crippen LogP contribution in [0.25, 0.3) is 0 Å². The predicted octanol–water partition coefficient (Wildman–Crippen LogP) is 4.01. The zero-order chi connectivity index (χ0) is 15.1. The molecular formula is C15H19BrN2O2. The lowest BCUT2D eigenvalue weighted by Gasteiger charge is -2.17. The van der Waals surface area contributed by atoms with Crippen LogP contribution in [-0.4, -0.2) is 17.1 Å². The first-order valence-corrected chi connectivity index (χ1v) is 7.42. The van der Waals surface area contributed by atoms with E-state index in [2.05, 4.69) is 27.3 Å². The Hall–Kier alpha value is -1.54. The molecule has 2 N–H and O–H groups in total. The maximum Gasteiger partial charge on any atom is 0.306 e. The molecule has 5 heteroatoms. The highest BCUT2D eigenvalue weighted by Crippen LogP contribution is 2.22. The van der Waals surface area contributed by atoms with Gasteiger partial charge in [0.05, 0.1) is 17.2 Å². The molecule has 20 heavy (non-hydrogen) atoms. The van der Waals surface area contributed by atoms with E-state index in [-0.39, 0.29) is 12.0 Å². The highest BCUT2D eigenvalue weighted by Gasteiger charge is 2.12. The average molecular weight is 339 g/mol. The van der Waals surface area contributed by atoms with E-state index in [0.29, 0.717) is 12.0 Å². The number of anilines is 1. The second-order valence-corrected chi connectivity index (χ2v) is 5.93. The van der Waals surface area contributed by atoms with E-state index in [1.165, 1.54) is 0 Å². The van der Waals surface area contributed by atoms with Crippen molar-refractivity contribution in [1.29, 1.82) is 5.26 Å². The molecule has 0 radical (unpaired) electrons. The van der Waals surface area contributed by atoms with Gasteiger partial charge in [-0.05, 0) is 38.0 Å². The molecule has 0 aromatic heterocycles. The van der Waals surface area contributed by atoms with Crippen molar-refractivity contribution in [2.24, 2.45) is 5.92 Å². The van der Waals surface area contributed by atoms with Crippen molar-refractivity contribution in [3.8, 4) is 6.07 Å². The maximum atomic E-state index is 10.7. The number of benzene rings is 1. The lowest BCUT2D eigenvalue weighted by Crippen LogP contribution is -2.17. The van der Waals surface area contributed by atoms with Crippen molar-refractivity contribution in [3.05, 3.63) is 28.2 Å². The smallest absolute Gasteiger partial charge is 0.306 e. The second-order valence-electron chi connectivity index (χ2n) is 5.02. The van der Waals surface area contributed by atoms with E-state index < -0.39 is 5.97 Å². The molecule has 4 nitrogen and oxygen atoms in total. The SMILES string of the molecule is CC(CCCC(C)C(=O)O)Nc1ccc(Br)cc1C#N. The minimum Gasteiger partial charge on any atom is -0.481 e. The van der Waals surface area contributed by atoms with Gasteiger partial charge >= 0.3 is 5.97 Å². The number of hydrogen-bond acceptors (Lipinski definition) is 3. The minimum absolute atomic E-state index is 0.198. The third-order valence-electron chi connectivity index (χ3n) is 3.20. The van der Waals surface area contributed by atoms with Crippen molar-refractivity contribution >= 4 is 27.6 Å². The Morgan fingerprint density at radius 2 is 2.15 bits per heavy atom. The summed E-state index contributed by atoms with van der Waals surface area (Å²) in [5, 5.41) is 21.2. The first-order valence-electron chi connectivity index (χ1n) is 6.63. The third kappa shape index (κ3) is 5.22. The molecule has 0 saturated carbocycles. The Morgan fingerprint density at radius 1 is 1.45 bits per heavy atom. The van der Waals surface area contributed by atoms with Gasteiger partial charge in [0.2, 0.25) is 0 Å². The van der Waals surface area contributed by atoms with Crippen molar-refractivity contribution in [1.82, 2.24) is 0 Å². The zero-order valence-electron chi connectivity index (χ0n) is 11.7. The molecule has 0 aliphatic carbocycles. The lowest BCUT2D eigenvalue weighted by atomic mass is 10.0. The van der Waals surface area contributed by atoms with Crippen LogP contribution in [0, 0.1) is 17.2 Å². The molecule has 0 spiro atoms. The number of nitrogens with one attached hydrogen (secondary N) is 1. The number of aliphatic carboxylic acids is 1. The summed E-state index contributed by atoms with van der Waals surface area (Å²) in [5.74, 6) is -1.05. The van der Waals surface area contributed by atoms with Gasteiger partial charge in [-0.25, -0.2) is 0 Å². The Labute approximate surface area is 127 Å². The Morgan fingerprint density at radius 3 is 2.75 bits per heavy atom. The van der Waals surface area contributed by atoms with E-state index >= 15 is 0 Å². The van der Waals surface area contributed by atoms with Gasteiger partial charge in [-0.15, -0.1) is 0 Å². The molecule has 0 aliphatic heterocycles. The molecule has 1 aromatic rings. The quantitative estimate of drug-likeness (QED) is 0.787. The lowest BCUT2D eigenvalue weighted by molar-refractivity contribution is -0.141. The summed E-state index contributed by atoms with van der Waals surface area (Å²) in [6.07, 6.45) is 2.39. The maximum absolute atomic E-state index is 10.7. The van der Waals surface area contributed by atoms with Crippen LogP contribution >= 0.6 is 15.9 Å². The number of hydrogen-bond donors (Lipinski definition) is 2. The van der Waals surface area contributed by atoms with E-state index in [1.807, 2.05) is 19.1 Å². The van der Waals surface area contributed by atoms with Crippen LogP contribution in [0.5, 0.6) is 0 Å². The van der Waals surface area contributed by atoms with Gasteiger partial charge in [-0.1, -0.05) is 29.3 Å². The zero-order valence-corrected chi connectivity index (χ0v) is 13.3. The average Bonchev–Trinajstić information content (AvgIpc) is 2.40. The fourth-order valence-corrected chi connectivity index (χ4v) is 2.29.